The summed E-state index contributed by atoms with van der Waals surface area (Å²) in [5, 5.41) is 2.80. The first kappa shape index (κ1) is 13.2. The third-order valence-electron chi connectivity index (χ3n) is 3.00. The van der Waals surface area contributed by atoms with Crippen LogP contribution in [-0.2, 0) is 0 Å². The monoisotopic (exact) mass is 274 g/mol. The van der Waals surface area contributed by atoms with Crippen molar-refractivity contribution in [2.75, 3.05) is 19.6 Å². The second-order valence-electron chi connectivity index (χ2n) is 4.30. The van der Waals surface area contributed by atoms with Crippen molar-refractivity contribution < 1.29 is 13.6 Å². The lowest BCUT2D eigenvalue weighted by atomic mass is 10.1. The van der Waals surface area contributed by atoms with Crippen LogP contribution in [0.25, 0.3) is 0 Å². The Morgan fingerprint density at radius 2 is 2.17 bits per heavy atom. The fourth-order valence-corrected chi connectivity index (χ4v) is 2.13. The van der Waals surface area contributed by atoms with Crippen LogP contribution in [0, 0.1) is 11.6 Å². The van der Waals surface area contributed by atoms with Gasteiger partial charge in [-0.25, -0.2) is 8.78 Å². The molecule has 0 spiro atoms. The van der Waals surface area contributed by atoms with Gasteiger partial charge in [-0.05, 0) is 19.1 Å². The van der Waals surface area contributed by atoms with Crippen molar-refractivity contribution >= 4 is 17.5 Å². The number of hydrogen-bond acceptors (Lipinski definition) is 2. The molecule has 1 aromatic carbocycles. The fourth-order valence-electron chi connectivity index (χ4n) is 1.98. The molecule has 18 heavy (non-hydrogen) atoms. The van der Waals surface area contributed by atoms with E-state index in [0.29, 0.717) is 19.6 Å². The van der Waals surface area contributed by atoms with Crippen molar-refractivity contribution in [3.05, 3.63) is 34.4 Å². The van der Waals surface area contributed by atoms with Crippen LogP contribution in [0.5, 0.6) is 0 Å². The third kappa shape index (κ3) is 2.47. The van der Waals surface area contributed by atoms with Crippen LogP contribution in [0.4, 0.5) is 8.78 Å². The summed E-state index contributed by atoms with van der Waals surface area (Å²) >= 11 is 5.46. The number of halogens is 3. The molecule has 2 rings (SSSR count). The molecule has 0 aliphatic carbocycles. The van der Waals surface area contributed by atoms with Crippen LogP contribution in [0.2, 0.25) is 5.02 Å². The number of carbonyl (C=O) groups is 1. The Morgan fingerprint density at radius 3 is 2.83 bits per heavy atom. The molecule has 0 radical (unpaired) electrons. The number of carbonyl (C=O) groups excluding carboxylic acids is 1. The standard InChI is InChI=1S/C12H13ClF2N2O/c1-7-6-16-2-3-17(7)12(18)8-4-11(15)9(13)5-10(8)14/h4-5,7,16H,2-3,6H2,1H3. The number of piperazine rings is 1. The maximum atomic E-state index is 13.6. The number of nitrogens with one attached hydrogen (secondary N) is 1. The maximum absolute atomic E-state index is 13.6. The molecule has 1 aliphatic rings. The van der Waals surface area contributed by atoms with E-state index in [2.05, 4.69) is 5.32 Å². The lowest BCUT2D eigenvalue weighted by Gasteiger charge is -2.34. The summed E-state index contributed by atoms with van der Waals surface area (Å²) in [6, 6.07) is 1.63. The summed E-state index contributed by atoms with van der Waals surface area (Å²) in [5.74, 6) is -2.08. The number of rotatable bonds is 1. The Kier molecular flexibility index (Phi) is 3.82. The molecule has 98 valence electrons. The predicted molar refractivity (Wildman–Crippen MR) is 64.7 cm³/mol. The minimum Gasteiger partial charge on any atom is -0.333 e. The van der Waals surface area contributed by atoms with Gasteiger partial charge >= 0.3 is 0 Å². The average molecular weight is 275 g/mol. The number of nitrogens with zero attached hydrogens (tertiary/aromatic N) is 1. The van der Waals surface area contributed by atoms with Crippen molar-refractivity contribution in [2.45, 2.75) is 13.0 Å². The molecular formula is C12H13ClF2N2O. The highest BCUT2D eigenvalue weighted by molar-refractivity contribution is 6.30. The minimum atomic E-state index is -0.794. The molecule has 1 unspecified atom stereocenters. The highest BCUT2D eigenvalue weighted by Gasteiger charge is 2.26. The van der Waals surface area contributed by atoms with Gasteiger partial charge in [0.1, 0.15) is 11.6 Å². The van der Waals surface area contributed by atoms with Crippen molar-refractivity contribution in [3.63, 3.8) is 0 Å². The quantitative estimate of drug-likeness (QED) is 0.795. The zero-order valence-electron chi connectivity index (χ0n) is 9.84. The maximum Gasteiger partial charge on any atom is 0.257 e. The second kappa shape index (κ2) is 5.20. The highest BCUT2D eigenvalue weighted by Crippen LogP contribution is 2.21. The van der Waals surface area contributed by atoms with Gasteiger partial charge in [0.2, 0.25) is 0 Å². The van der Waals surface area contributed by atoms with E-state index in [1.165, 1.54) is 4.90 Å². The second-order valence-corrected chi connectivity index (χ2v) is 4.71. The minimum absolute atomic E-state index is 0.0515. The van der Waals surface area contributed by atoms with Crippen LogP contribution in [-0.4, -0.2) is 36.5 Å². The highest BCUT2D eigenvalue weighted by atomic mass is 35.5. The molecule has 0 saturated carbocycles. The van der Waals surface area contributed by atoms with E-state index in [1.807, 2.05) is 6.92 Å². The molecule has 0 aromatic heterocycles. The predicted octanol–water partition coefficient (Wildman–Crippen LogP) is 2.05. The lowest BCUT2D eigenvalue weighted by molar-refractivity contribution is 0.0650. The molecule has 1 heterocycles. The van der Waals surface area contributed by atoms with Gasteiger partial charge in [-0.3, -0.25) is 4.79 Å². The third-order valence-corrected chi connectivity index (χ3v) is 3.29. The van der Waals surface area contributed by atoms with Crippen molar-refractivity contribution in [3.8, 4) is 0 Å². The van der Waals surface area contributed by atoms with Gasteiger partial charge in [-0.2, -0.15) is 0 Å². The van der Waals surface area contributed by atoms with Gasteiger partial charge in [-0.15, -0.1) is 0 Å². The summed E-state index contributed by atoms with van der Waals surface area (Å²) in [7, 11) is 0. The molecule has 1 aliphatic heterocycles. The van der Waals surface area contributed by atoms with Crippen molar-refractivity contribution in [1.82, 2.24) is 10.2 Å². The Morgan fingerprint density at radius 1 is 1.44 bits per heavy atom. The van der Waals surface area contributed by atoms with E-state index < -0.39 is 17.5 Å². The molecule has 1 aromatic rings. The summed E-state index contributed by atoms with van der Waals surface area (Å²) in [6.45, 7) is 3.62. The van der Waals surface area contributed by atoms with E-state index in [4.69, 9.17) is 11.6 Å². The Hall–Kier alpha value is -1.20. The number of amides is 1. The summed E-state index contributed by atoms with van der Waals surface area (Å²) in [5.41, 5.74) is -0.273. The molecule has 1 atom stereocenters. The molecule has 1 fully saturated rings. The fraction of sp³-hybridized carbons (Fsp3) is 0.417. The smallest absolute Gasteiger partial charge is 0.257 e. The van der Waals surface area contributed by atoms with Gasteiger partial charge in [0, 0.05) is 25.7 Å². The molecule has 3 nitrogen and oxygen atoms in total. The first-order valence-corrected chi connectivity index (χ1v) is 6.04. The summed E-state index contributed by atoms with van der Waals surface area (Å²) < 4.78 is 27.0. The van der Waals surface area contributed by atoms with Crippen LogP contribution in [0.15, 0.2) is 12.1 Å². The van der Waals surface area contributed by atoms with Crippen LogP contribution >= 0.6 is 11.6 Å². The molecule has 1 N–H and O–H groups in total. The Balaban J connectivity index is 2.30. The molecular weight excluding hydrogens is 262 g/mol. The van der Waals surface area contributed by atoms with Crippen LogP contribution in [0.1, 0.15) is 17.3 Å². The van der Waals surface area contributed by atoms with E-state index in [9.17, 15) is 13.6 Å². The normalized spacial score (nSPS) is 20.0. The van der Waals surface area contributed by atoms with E-state index in [0.717, 1.165) is 12.1 Å². The van der Waals surface area contributed by atoms with Gasteiger partial charge in [0.05, 0.1) is 10.6 Å². The van der Waals surface area contributed by atoms with Crippen LogP contribution < -0.4 is 5.32 Å². The molecule has 0 bridgehead atoms. The van der Waals surface area contributed by atoms with E-state index in [1.54, 1.807) is 0 Å². The number of hydrogen-bond donors (Lipinski definition) is 1. The van der Waals surface area contributed by atoms with E-state index >= 15 is 0 Å². The topological polar surface area (TPSA) is 32.3 Å². The van der Waals surface area contributed by atoms with E-state index in [-0.39, 0.29) is 16.6 Å². The van der Waals surface area contributed by atoms with Crippen molar-refractivity contribution in [1.29, 1.82) is 0 Å². The van der Waals surface area contributed by atoms with Gasteiger partial charge in [0.15, 0.2) is 0 Å². The SMILES string of the molecule is CC1CNCCN1C(=O)c1cc(F)c(Cl)cc1F. The van der Waals surface area contributed by atoms with Gasteiger partial charge in [-0.1, -0.05) is 11.6 Å². The Bertz CT molecular complexity index is 481. The summed E-state index contributed by atoms with van der Waals surface area (Å²) in [6.07, 6.45) is 0. The molecule has 6 heteroatoms. The largest absolute Gasteiger partial charge is 0.333 e. The average Bonchev–Trinajstić information content (AvgIpc) is 2.33. The zero-order valence-corrected chi connectivity index (χ0v) is 10.6. The summed E-state index contributed by atoms with van der Waals surface area (Å²) in [4.78, 5) is 13.7. The number of benzene rings is 1. The van der Waals surface area contributed by atoms with Crippen LogP contribution in [0.3, 0.4) is 0 Å². The molecule has 1 amide bonds. The lowest BCUT2D eigenvalue weighted by Crippen LogP contribution is -2.52. The molecule has 1 saturated heterocycles. The van der Waals surface area contributed by atoms with Crippen molar-refractivity contribution in [2.24, 2.45) is 0 Å². The zero-order chi connectivity index (χ0) is 13.3. The van der Waals surface area contributed by atoms with Gasteiger partial charge < -0.3 is 10.2 Å². The first-order valence-electron chi connectivity index (χ1n) is 5.67. The Labute approximate surface area is 109 Å². The first-order chi connectivity index (χ1) is 8.50. The van der Waals surface area contributed by atoms with Gasteiger partial charge in [0.25, 0.3) is 5.91 Å².